The molecule has 0 bridgehead atoms. The van der Waals surface area contributed by atoms with Crippen molar-refractivity contribution in [1.29, 1.82) is 0 Å². The van der Waals surface area contributed by atoms with Gasteiger partial charge in [0.1, 0.15) is 11.3 Å². The van der Waals surface area contributed by atoms with Crippen LogP contribution in [0.25, 0.3) is 11.0 Å². The van der Waals surface area contributed by atoms with Crippen LogP contribution in [0.4, 0.5) is 15.8 Å². The first-order valence-electron chi connectivity index (χ1n) is 8.35. The summed E-state index contributed by atoms with van der Waals surface area (Å²) in [6, 6.07) is 11.8. The van der Waals surface area contributed by atoms with Crippen molar-refractivity contribution in [3.05, 3.63) is 60.2 Å². The van der Waals surface area contributed by atoms with Crippen molar-refractivity contribution in [2.75, 3.05) is 36.5 Å². The molecule has 1 fully saturated rings. The minimum atomic E-state index is -0.379. The molecule has 0 unspecified atom stereocenters. The lowest BCUT2D eigenvalue weighted by molar-refractivity contribution is 0.122. The predicted molar refractivity (Wildman–Crippen MR) is 96.3 cm³/mol. The fraction of sp³-hybridized carbons (Fsp3) is 0.263. The lowest BCUT2D eigenvalue weighted by atomic mass is 10.2. The molecule has 0 amide bonds. The van der Waals surface area contributed by atoms with Crippen LogP contribution in [0, 0.1) is 5.82 Å². The lowest BCUT2D eigenvalue weighted by Gasteiger charge is -2.28. The second-order valence-corrected chi connectivity index (χ2v) is 6.00. The van der Waals surface area contributed by atoms with E-state index in [1.165, 1.54) is 23.5 Å². The highest BCUT2D eigenvalue weighted by Gasteiger charge is 2.11. The first-order chi connectivity index (χ1) is 12.3. The molecule has 6 heteroatoms. The van der Waals surface area contributed by atoms with Crippen LogP contribution in [-0.4, -0.2) is 36.3 Å². The number of hydrogen-bond donors (Lipinski definition) is 1. The van der Waals surface area contributed by atoms with Crippen molar-refractivity contribution in [1.82, 2.24) is 9.97 Å². The van der Waals surface area contributed by atoms with E-state index in [1.807, 2.05) is 6.07 Å². The SMILES string of the molecule is Fc1cnc2c(NCc3ccc(N4CCOCC4)cc3)ccnc2c1. The third-order valence-electron chi connectivity index (χ3n) is 4.34. The van der Waals surface area contributed by atoms with E-state index in [4.69, 9.17) is 4.74 Å². The standard InChI is InChI=1S/C19H19FN4O/c20-15-11-18-19(23-13-15)17(5-6-21-18)22-12-14-1-3-16(4-2-14)24-7-9-25-10-8-24/h1-6,11,13H,7-10,12H2,(H,21,22). The van der Waals surface area contributed by atoms with Gasteiger partial charge in [0.05, 0.1) is 30.6 Å². The van der Waals surface area contributed by atoms with Crippen molar-refractivity contribution in [2.24, 2.45) is 0 Å². The van der Waals surface area contributed by atoms with Gasteiger partial charge in [-0.2, -0.15) is 0 Å². The zero-order valence-electron chi connectivity index (χ0n) is 13.8. The molecule has 3 aromatic rings. The van der Waals surface area contributed by atoms with Gasteiger partial charge in [-0.1, -0.05) is 12.1 Å². The van der Waals surface area contributed by atoms with E-state index in [-0.39, 0.29) is 5.82 Å². The van der Waals surface area contributed by atoms with Crippen LogP contribution in [-0.2, 0) is 11.3 Å². The second-order valence-electron chi connectivity index (χ2n) is 6.00. The highest BCUT2D eigenvalue weighted by atomic mass is 19.1. The average molecular weight is 338 g/mol. The van der Waals surface area contributed by atoms with Gasteiger partial charge >= 0.3 is 0 Å². The maximum Gasteiger partial charge on any atom is 0.143 e. The van der Waals surface area contributed by atoms with Crippen molar-refractivity contribution in [2.45, 2.75) is 6.54 Å². The summed E-state index contributed by atoms with van der Waals surface area (Å²) in [6.45, 7) is 4.10. The summed E-state index contributed by atoms with van der Waals surface area (Å²) < 4.78 is 18.7. The summed E-state index contributed by atoms with van der Waals surface area (Å²) in [7, 11) is 0. The molecule has 0 saturated carbocycles. The Kier molecular flexibility index (Phi) is 4.43. The van der Waals surface area contributed by atoms with Crippen LogP contribution in [0.15, 0.2) is 48.8 Å². The molecule has 0 atom stereocenters. The molecular formula is C19H19FN4O. The number of nitrogens with zero attached hydrogens (tertiary/aromatic N) is 3. The normalized spacial score (nSPS) is 14.7. The van der Waals surface area contributed by atoms with Crippen LogP contribution >= 0.6 is 0 Å². The summed E-state index contributed by atoms with van der Waals surface area (Å²) in [5.41, 5.74) is 4.46. The van der Waals surface area contributed by atoms with E-state index in [2.05, 4.69) is 44.5 Å². The zero-order chi connectivity index (χ0) is 17.1. The summed E-state index contributed by atoms with van der Waals surface area (Å²) in [5.74, 6) is -0.379. The Morgan fingerprint density at radius 1 is 1.08 bits per heavy atom. The van der Waals surface area contributed by atoms with Gasteiger partial charge in [0, 0.05) is 37.6 Å². The van der Waals surface area contributed by atoms with Crippen LogP contribution in [0.2, 0.25) is 0 Å². The lowest BCUT2D eigenvalue weighted by Crippen LogP contribution is -2.36. The number of morpholine rings is 1. The van der Waals surface area contributed by atoms with Crippen LogP contribution in [0.3, 0.4) is 0 Å². The zero-order valence-corrected chi connectivity index (χ0v) is 13.8. The van der Waals surface area contributed by atoms with Crippen molar-refractivity contribution >= 4 is 22.4 Å². The van der Waals surface area contributed by atoms with E-state index in [0.717, 1.165) is 32.0 Å². The molecule has 3 heterocycles. The molecule has 2 aromatic heterocycles. The molecule has 25 heavy (non-hydrogen) atoms. The summed E-state index contributed by atoms with van der Waals surface area (Å²) >= 11 is 0. The van der Waals surface area contributed by atoms with Gasteiger partial charge < -0.3 is 15.0 Å². The summed E-state index contributed by atoms with van der Waals surface area (Å²) in [4.78, 5) is 10.6. The molecule has 1 aliphatic heterocycles. The number of fused-ring (bicyclic) bond motifs is 1. The topological polar surface area (TPSA) is 50.3 Å². The number of hydrogen-bond acceptors (Lipinski definition) is 5. The smallest absolute Gasteiger partial charge is 0.143 e. The van der Waals surface area contributed by atoms with Crippen LogP contribution in [0.1, 0.15) is 5.56 Å². The Bertz CT molecular complexity index is 863. The average Bonchev–Trinajstić information content (AvgIpc) is 2.67. The minimum absolute atomic E-state index is 0.379. The molecule has 5 nitrogen and oxygen atoms in total. The maximum absolute atomic E-state index is 13.3. The van der Waals surface area contributed by atoms with E-state index in [0.29, 0.717) is 17.6 Å². The monoisotopic (exact) mass is 338 g/mol. The number of anilines is 2. The molecule has 4 rings (SSSR count). The molecule has 1 aliphatic rings. The Labute approximate surface area is 145 Å². The first kappa shape index (κ1) is 15.8. The number of aromatic nitrogens is 2. The van der Waals surface area contributed by atoms with Gasteiger partial charge in [-0.3, -0.25) is 4.98 Å². The van der Waals surface area contributed by atoms with Crippen molar-refractivity contribution in [3.8, 4) is 0 Å². The third-order valence-corrected chi connectivity index (χ3v) is 4.34. The van der Waals surface area contributed by atoms with Gasteiger partial charge in [0.25, 0.3) is 0 Å². The van der Waals surface area contributed by atoms with Gasteiger partial charge in [-0.15, -0.1) is 0 Å². The van der Waals surface area contributed by atoms with Crippen molar-refractivity contribution < 1.29 is 9.13 Å². The summed E-state index contributed by atoms with van der Waals surface area (Å²) in [5, 5.41) is 3.36. The van der Waals surface area contributed by atoms with E-state index >= 15 is 0 Å². The molecule has 1 N–H and O–H groups in total. The third kappa shape index (κ3) is 3.53. The number of halogens is 1. The van der Waals surface area contributed by atoms with Crippen LogP contribution < -0.4 is 10.2 Å². The fourth-order valence-corrected chi connectivity index (χ4v) is 2.99. The number of nitrogens with one attached hydrogen (secondary N) is 1. The first-order valence-corrected chi connectivity index (χ1v) is 8.35. The van der Waals surface area contributed by atoms with E-state index in [9.17, 15) is 4.39 Å². The minimum Gasteiger partial charge on any atom is -0.379 e. The molecule has 1 saturated heterocycles. The number of ether oxygens (including phenoxy) is 1. The highest BCUT2D eigenvalue weighted by Crippen LogP contribution is 2.21. The predicted octanol–water partition coefficient (Wildman–Crippen LogP) is 3.22. The fourth-order valence-electron chi connectivity index (χ4n) is 2.99. The Morgan fingerprint density at radius 2 is 1.88 bits per heavy atom. The molecule has 0 radical (unpaired) electrons. The van der Waals surface area contributed by atoms with Gasteiger partial charge in [-0.05, 0) is 23.8 Å². The van der Waals surface area contributed by atoms with Crippen molar-refractivity contribution in [3.63, 3.8) is 0 Å². The Hall–Kier alpha value is -2.73. The highest BCUT2D eigenvalue weighted by molar-refractivity contribution is 5.86. The number of pyridine rings is 2. The Morgan fingerprint density at radius 3 is 2.68 bits per heavy atom. The second kappa shape index (κ2) is 7.03. The van der Waals surface area contributed by atoms with E-state index in [1.54, 1.807) is 6.20 Å². The molecule has 128 valence electrons. The van der Waals surface area contributed by atoms with Gasteiger partial charge in [-0.25, -0.2) is 9.37 Å². The molecule has 0 aliphatic carbocycles. The van der Waals surface area contributed by atoms with Gasteiger partial charge in [0.2, 0.25) is 0 Å². The molecule has 0 spiro atoms. The number of benzene rings is 1. The Balaban J connectivity index is 1.46. The van der Waals surface area contributed by atoms with E-state index < -0.39 is 0 Å². The molecule has 1 aromatic carbocycles. The molecular weight excluding hydrogens is 319 g/mol. The summed E-state index contributed by atoms with van der Waals surface area (Å²) in [6.07, 6.45) is 2.87. The maximum atomic E-state index is 13.3. The van der Waals surface area contributed by atoms with Gasteiger partial charge in [0.15, 0.2) is 0 Å². The largest absolute Gasteiger partial charge is 0.379 e. The number of rotatable bonds is 4. The quantitative estimate of drug-likeness (QED) is 0.792. The van der Waals surface area contributed by atoms with Crippen LogP contribution in [0.5, 0.6) is 0 Å².